The van der Waals surface area contributed by atoms with Gasteiger partial charge in [0.25, 0.3) is 5.91 Å². The van der Waals surface area contributed by atoms with Crippen LogP contribution in [0.3, 0.4) is 0 Å². The van der Waals surface area contributed by atoms with Crippen LogP contribution in [0, 0.1) is 0 Å². The molecule has 14 heteroatoms. The standard InChI is InChI=1S/C19H23NO4.C18H16N2O6S/c1-22-19(21)18-16(23-13-6-5-12-20)10-7-11-17(18)24-14-15-8-3-2-4-9-15;21-17-11-20(27(24,25)19-17)15-8-6-13(7-9-18(22)23)10-16(15)26-12-14-4-2-1-3-5-14/h2-4,7-11H,5-6,12-14,20H2,1H3;1-10H,11-12H2,(H,19,21)(H,22,23)/b;9-7+. The predicted molar refractivity (Wildman–Crippen MR) is 191 cm³/mol. The number of hydrogen-bond acceptors (Lipinski definition) is 10. The number of rotatable bonds is 15. The number of nitrogens with two attached hydrogens (primary N) is 1. The Kier molecular flexibility index (Phi) is 14.0. The molecule has 0 unspecified atom stereocenters. The van der Waals surface area contributed by atoms with E-state index in [0.29, 0.717) is 42.4 Å². The van der Waals surface area contributed by atoms with Crippen molar-refractivity contribution in [2.75, 3.05) is 31.1 Å². The quantitative estimate of drug-likeness (QED) is 0.0879. The number of carboxylic acids is 1. The van der Waals surface area contributed by atoms with Gasteiger partial charge >= 0.3 is 22.1 Å². The number of benzene rings is 4. The second-order valence-corrected chi connectivity index (χ2v) is 12.5. The summed E-state index contributed by atoms with van der Waals surface area (Å²) in [5.74, 6) is -1.10. The van der Waals surface area contributed by atoms with Crippen LogP contribution < -0.4 is 29.0 Å². The van der Waals surface area contributed by atoms with Crippen LogP contribution in [0.2, 0.25) is 0 Å². The Morgan fingerprint density at radius 2 is 1.45 bits per heavy atom. The molecule has 4 aromatic carbocycles. The van der Waals surface area contributed by atoms with E-state index in [0.717, 1.165) is 34.3 Å². The van der Waals surface area contributed by atoms with E-state index >= 15 is 0 Å². The van der Waals surface area contributed by atoms with Gasteiger partial charge in [0, 0.05) is 6.08 Å². The third kappa shape index (κ3) is 11.3. The van der Waals surface area contributed by atoms with E-state index in [4.69, 9.17) is 29.8 Å². The van der Waals surface area contributed by atoms with Gasteiger partial charge in [-0.15, -0.1) is 0 Å². The summed E-state index contributed by atoms with van der Waals surface area (Å²) in [4.78, 5) is 34.4. The van der Waals surface area contributed by atoms with Crippen molar-refractivity contribution < 1.29 is 46.9 Å². The molecule has 1 amide bonds. The van der Waals surface area contributed by atoms with E-state index in [9.17, 15) is 22.8 Å². The number of esters is 1. The highest BCUT2D eigenvalue weighted by molar-refractivity contribution is 7.92. The van der Waals surface area contributed by atoms with Gasteiger partial charge in [0.2, 0.25) is 0 Å². The van der Waals surface area contributed by atoms with Crippen molar-refractivity contribution in [3.8, 4) is 17.2 Å². The Hall–Kier alpha value is -5.86. The highest BCUT2D eigenvalue weighted by Gasteiger charge is 2.35. The fourth-order valence-corrected chi connectivity index (χ4v) is 5.90. The van der Waals surface area contributed by atoms with Gasteiger partial charge in [-0.05, 0) is 66.4 Å². The van der Waals surface area contributed by atoms with Crippen LogP contribution in [0.25, 0.3) is 6.08 Å². The van der Waals surface area contributed by atoms with Gasteiger partial charge < -0.3 is 29.8 Å². The van der Waals surface area contributed by atoms with Crippen molar-refractivity contribution in [3.05, 3.63) is 125 Å². The molecule has 13 nitrogen and oxygen atoms in total. The number of methoxy groups -OCH3 is 1. The minimum atomic E-state index is -3.99. The number of nitrogens with zero attached hydrogens (tertiary/aromatic N) is 1. The molecule has 0 radical (unpaired) electrons. The number of anilines is 1. The minimum Gasteiger partial charge on any atom is -0.493 e. The average molecular weight is 718 g/mol. The molecular weight excluding hydrogens is 678 g/mol. The summed E-state index contributed by atoms with van der Waals surface area (Å²) in [6.45, 7) is 1.29. The van der Waals surface area contributed by atoms with Crippen LogP contribution in [0.1, 0.15) is 39.9 Å². The Balaban J connectivity index is 0.000000230. The minimum absolute atomic E-state index is 0.176. The zero-order valence-electron chi connectivity index (χ0n) is 27.9. The largest absolute Gasteiger partial charge is 0.493 e. The zero-order chi connectivity index (χ0) is 36.6. The maximum Gasteiger partial charge on any atom is 0.345 e. The van der Waals surface area contributed by atoms with Crippen LogP contribution >= 0.6 is 0 Å². The number of aliphatic carboxylic acids is 1. The first kappa shape index (κ1) is 38.0. The summed E-state index contributed by atoms with van der Waals surface area (Å²) in [6, 6.07) is 28.8. The Labute approximate surface area is 296 Å². The van der Waals surface area contributed by atoms with E-state index < -0.39 is 28.1 Å². The number of amides is 1. The molecule has 0 bridgehead atoms. The van der Waals surface area contributed by atoms with E-state index in [2.05, 4.69) is 0 Å². The molecule has 1 fully saturated rings. The van der Waals surface area contributed by atoms with E-state index in [1.807, 2.05) is 65.4 Å². The van der Waals surface area contributed by atoms with E-state index in [1.54, 1.807) is 24.3 Å². The van der Waals surface area contributed by atoms with Gasteiger partial charge in [-0.2, -0.15) is 8.42 Å². The summed E-state index contributed by atoms with van der Waals surface area (Å²) in [5.41, 5.74) is 8.38. The van der Waals surface area contributed by atoms with Crippen molar-refractivity contribution in [3.63, 3.8) is 0 Å². The lowest BCUT2D eigenvalue weighted by Crippen LogP contribution is -2.29. The predicted octanol–water partition coefficient (Wildman–Crippen LogP) is 4.71. The SMILES string of the molecule is COC(=O)c1c(OCCCCN)cccc1OCc1ccccc1.O=C(O)/C=C/c1ccc(N2CC(=O)NS2(=O)=O)c(OCc2ccccc2)c1. The summed E-state index contributed by atoms with van der Waals surface area (Å²) < 4.78 is 49.3. The lowest BCUT2D eigenvalue weighted by atomic mass is 10.1. The first-order valence-corrected chi connectivity index (χ1v) is 17.3. The number of unbranched alkanes of at least 4 members (excludes halogenated alkanes) is 1. The molecule has 0 saturated carbocycles. The van der Waals surface area contributed by atoms with Crippen molar-refractivity contribution in [1.82, 2.24) is 4.72 Å². The lowest BCUT2D eigenvalue weighted by Gasteiger charge is -2.19. The Morgan fingerprint density at radius 1 is 0.843 bits per heavy atom. The smallest absolute Gasteiger partial charge is 0.345 e. The molecule has 0 aliphatic carbocycles. The number of hydrogen-bond donors (Lipinski definition) is 3. The molecule has 51 heavy (non-hydrogen) atoms. The maximum absolute atomic E-state index is 12.2. The Bertz CT molecular complexity index is 1920. The fourth-order valence-electron chi connectivity index (χ4n) is 4.74. The van der Waals surface area contributed by atoms with Crippen LogP contribution in [0.15, 0.2) is 103 Å². The molecule has 0 aromatic heterocycles. The fraction of sp³-hybridized carbons (Fsp3) is 0.216. The van der Waals surface area contributed by atoms with Crippen LogP contribution in [0.4, 0.5) is 5.69 Å². The first-order chi connectivity index (χ1) is 24.6. The summed E-state index contributed by atoms with van der Waals surface area (Å²) in [6.07, 6.45) is 4.03. The lowest BCUT2D eigenvalue weighted by molar-refractivity contribution is -0.131. The second kappa shape index (κ2) is 18.8. The number of carboxylic acid groups (broad SMARTS) is 1. The molecule has 4 N–H and O–H groups in total. The molecule has 268 valence electrons. The van der Waals surface area contributed by atoms with Gasteiger partial charge in [0.15, 0.2) is 0 Å². The monoisotopic (exact) mass is 717 g/mol. The molecule has 4 aromatic rings. The number of ether oxygens (including phenoxy) is 4. The molecule has 1 saturated heterocycles. The Morgan fingerprint density at radius 3 is 2.00 bits per heavy atom. The molecular formula is C37H39N3O10S. The van der Waals surface area contributed by atoms with Crippen LogP contribution in [-0.2, 0) is 37.7 Å². The number of carbonyl (C=O) groups is 3. The topological polar surface area (TPSA) is 184 Å². The van der Waals surface area contributed by atoms with E-state index in [-0.39, 0.29) is 24.6 Å². The van der Waals surface area contributed by atoms with Gasteiger partial charge in [-0.25, -0.2) is 18.6 Å². The summed E-state index contributed by atoms with van der Waals surface area (Å²) in [5, 5.41) is 8.77. The number of carbonyl (C=O) groups excluding carboxylic acids is 2. The van der Waals surface area contributed by atoms with E-state index in [1.165, 1.54) is 25.3 Å². The second-order valence-electron chi connectivity index (χ2n) is 10.9. The molecule has 1 aliphatic heterocycles. The van der Waals surface area contributed by atoms with Crippen molar-refractivity contribution >= 4 is 39.8 Å². The molecule has 1 aliphatic rings. The van der Waals surface area contributed by atoms with Crippen molar-refractivity contribution in [2.45, 2.75) is 26.1 Å². The summed E-state index contributed by atoms with van der Waals surface area (Å²) >= 11 is 0. The maximum atomic E-state index is 12.2. The zero-order valence-corrected chi connectivity index (χ0v) is 28.7. The molecule has 5 rings (SSSR count). The van der Waals surface area contributed by atoms with Gasteiger partial charge in [0.05, 0.1) is 19.4 Å². The average Bonchev–Trinajstić information content (AvgIpc) is 3.42. The van der Waals surface area contributed by atoms with Crippen LogP contribution in [-0.4, -0.2) is 58.2 Å². The normalized spacial score (nSPS) is 13.1. The molecule has 0 spiro atoms. The first-order valence-electron chi connectivity index (χ1n) is 15.9. The van der Waals surface area contributed by atoms with Crippen molar-refractivity contribution in [1.29, 1.82) is 0 Å². The highest BCUT2D eigenvalue weighted by atomic mass is 32.2. The third-order valence-corrected chi connectivity index (χ3v) is 8.59. The molecule has 1 heterocycles. The summed E-state index contributed by atoms with van der Waals surface area (Å²) in [7, 11) is -2.65. The van der Waals surface area contributed by atoms with Crippen LogP contribution in [0.5, 0.6) is 17.2 Å². The number of nitrogens with one attached hydrogen (secondary N) is 1. The van der Waals surface area contributed by atoms with Gasteiger partial charge in [-0.1, -0.05) is 72.8 Å². The van der Waals surface area contributed by atoms with Gasteiger partial charge in [-0.3, -0.25) is 4.79 Å². The third-order valence-electron chi connectivity index (χ3n) is 7.20. The highest BCUT2D eigenvalue weighted by Crippen LogP contribution is 2.34. The van der Waals surface area contributed by atoms with Crippen molar-refractivity contribution in [2.24, 2.45) is 5.73 Å². The van der Waals surface area contributed by atoms with Gasteiger partial charge in [0.1, 0.15) is 42.6 Å². The molecule has 0 atom stereocenters.